The van der Waals surface area contributed by atoms with Crippen LogP contribution in [0.1, 0.15) is 31.4 Å². The number of amides is 1. The van der Waals surface area contributed by atoms with E-state index in [1.807, 2.05) is 20.8 Å². The number of ether oxygens (including phenoxy) is 1. The number of carbonyl (C=O) groups excluding carboxylic acids is 1. The molecule has 30 heavy (non-hydrogen) atoms. The summed E-state index contributed by atoms with van der Waals surface area (Å²) in [6, 6.07) is 13.6. The van der Waals surface area contributed by atoms with Gasteiger partial charge in [-0.3, -0.25) is 4.79 Å². The second kappa shape index (κ2) is 11.5. The van der Waals surface area contributed by atoms with E-state index in [2.05, 4.69) is 5.32 Å². The molecule has 0 radical (unpaired) electrons. The molecule has 0 unspecified atom stereocenters. The van der Waals surface area contributed by atoms with Crippen LogP contribution < -0.4 is 5.32 Å². The number of hydrogen-bond acceptors (Lipinski definition) is 4. The first-order chi connectivity index (χ1) is 14.2. The van der Waals surface area contributed by atoms with Crippen LogP contribution in [0.5, 0.6) is 0 Å². The Labute approximate surface area is 184 Å². The average molecular weight is 453 g/mol. The topological polar surface area (TPSA) is 75.7 Å². The predicted octanol–water partition coefficient (Wildman–Crippen LogP) is 3.77. The summed E-state index contributed by atoms with van der Waals surface area (Å²) in [5.74, 6) is -0.373. The van der Waals surface area contributed by atoms with Crippen LogP contribution in [0.3, 0.4) is 0 Å². The molecule has 6 nitrogen and oxygen atoms in total. The molecule has 0 atom stereocenters. The molecule has 2 rings (SSSR count). The number of sulfonamides is 1. The van der Waals surface area contributed by atoms with Gasteiger partial charge in [0.1, 0.15) is 0 Å². The van der Waals surface area contributed by atoms with Crippen molar-refractivity contribution in [2.45, 2.75) is 44.7 Å². The number of aryl methyl sites for hydroxylation is 1. The highest BCUT2D eigenvalue weighted by atomic mass is 35.5. The number of nitrogens with one attached hydrogen (secondary N) is 1. The number of nitrogens with zero attached hydrogens (tertiary/aromatic N) is 1. The summed E-state index contributed by atoms with van der Waals surface area (Å²) < 4.78 is 33.1. The number of rotatable bonds is 11. The van der Waals surface area contributed by atoms with E-state index in [9.17, 15) is 13.2 Å². The molecule has 1 N–H and O–H groups in total. The standard InChI is InChI=1S/C22H29ClN2O4S/c1-17(2)29-14-6-13-24-22(26)16-25(15-19-7-4-5-8-21(19)23)30(27,28)20-11-9-18(3)10-12-20/h4-5,7-12,17H,6,13-16H2,1-3H3,(H,24,26). The number of halogens is 1. The van der Waals surface area contributed by atoms with Gasteiger partial charge in [-0.1, -0.05) is 47.5 Å². The minimum absolute atomic E-state index is 0.000234. The maximum atomic E-state index is 13.2. The van der Waals surface area contributed by atoms with Crippen LogP contribution in [0.25, 0.3) is 0 Å². The van der Waals surface area contributed by atoms with E-state index >= 15 is 0 Å². The molecule has 2 aromatic rings. The second-order valence-electron chi connectivity index (χ2n) is 7.30. The van der Waals surface area contributed by atoms with E-state index < -0.39 is 10.0 Å². The van der Waals surface area contributed by atoms with Crippen molar-refractivity contribution >= 4 is 27.5 Å². The monoisotopic (exact) mass is 452 g/mol. The third-order valence-corrected chi connectivity index (χ3v) is 6.55. The van der Waals surface area contributed by atoms with Gasteiger partial charge in [-0.2, -0.15) is 4.31 Å². The van der Waals surface area contributed by atoms with Crippen LogP contribution in [0.4, 0.5) is 0 Å². The van der Waals surface area contributed by atoms with Gasteiger partial charge >= 0.3 is 0 Å². The van der Waals surface area contributed by atoms with Crippen LogP contribution in [0.2, 0.25) is 5.02 Å². The molecule has 2 aromatic carbocycles. The number of hydrogen-bond donors (Lipinski definition) is 1. The molecule has 1 amide bonds. The maximum Gasteiger partial charge on any atom is 0.243 e. The first-order valence-electron chi connectivity index (χ1n) is 9.88. The molecule has 0 fully saturated rings. The molecule has 0 heterocycles. The van der Waals surface area contributed by atoms with Crippen molar-refractivity contribution in [1.82, 2.24) is 9.62 Å². The van der Waals surface area contributed by atoms with Gasteiger partial charge in [0.2, 0.25) is 15.9 Å². The Morgan fingerprint density at radius 1 is 1.13 bits per heavy atom. The van der Waals surface area contributed by atoms with Crippen LogP contribution in [-0.2, 0) is 26.1 Å². The fourth-order valence-corrected chi connectivity index (χ4v) is 4.31. The first kappa shape index (κ1) is 24.3. The highest BCUT2D eigenvalue weighted by Crippen LogP contribution is 2.22. The third-order valence-electron chi connectivity index (χ3n) is 4.38. The van der Waals surface area contributed by atoms with Gasteiger partial charge in [-0.05, 0) is 51.0 Å². The van der Waals surface area contributed by atoms with Gasteiger partial charge in [0, 0.05) is 24.7 Å². The Hall–Kier alpha value is -1.93. The lowest BCUT2D eigenvalue weighted by molar-refractivity contribution is -0.121. The Bertz CT molecular complexity index is 930. The Morgan fingerprint density at radius 2 is 1.80 bits per heavy atom. The highest BCUT2D eigenvalue weighted by Gasteiger charge is 2.27. The summed E-state index contributed by atoms with van der Waals surface area (Å²) in [7, 11) is -3.89. The summed E-state index contributed by atoms with van der Waals surface area (Å²) in [4.78, 5) is 12.6. The van der Waals surface area contributed by atoms with E-state index in [4.69, 9.17) is 16.3 Å². The highest BCUT2D eigenvalue weighted by molar-refractivity contribution is 7.89. The summed E-state index contributed by atoms with van der Waals surface area (Å²) >= 11 is 6.23. The Balaban J connectivity index is 2.14. The summed E-state index contributed by atoms with van der Waals surface area (Å²) in [6.07, 6.45) is 0.783. The molecule has 164 valence electrons. The van der Waals surface area contributed by atoms with E-state index in [0.717, 1.165) is 9.87 Å². The largest absolute Gasteiger partial charge is 0.379 e. The molecule has 8 heteroatoms. The predicted molar refractivity (Wildman–Crippen MR) is 119 cm³/mol. The molecule has 0 aliphatic heterocycles. The lowest BCUT2D eigenvalue weighted by Gasteiger charge is -2.22. The van der Waals surface area contributed by atoms with E-state index in [0.29, 0.717) is 30.2 Å². The van der Waals surface area contributed by atoms with Crippen LogP contribution >= 0.6 is 11.6 Å². The van der Waals surface area contributed by atoms with E-state index in [1.54, 1.807) is 48.5 Å². The van der Waals surface area contributed by atoms with E-state index in [-0.39, 0.29) is 30.0 Å². The third kappa shape index (κ3) is 7.40. The first-order valence-corrected chi connectivity index (χ1v) is 11.7. The molecule has 0 aromatic heterocycles. The summed E-state index contributed by atoms with van der Waals surface area (Å²) in [5.41, 5.74) is 1.58. The SMILES string of the molecule is Cc1ccc(S(=O)(=O)N(CC(=O)NCCCOC(C)C)Cc2ccccc2Cl)cc1. The fourth-order valence-electron chi connectivity index (χ4n) is 2.74. The minimum Gasteiger partial charge on any atom is -0.379 e. The minimum atomic E-state index is -3.89. The van der Waals surface area contributed by atoms with Gasteiger partial charge in [0.15, 0.2) is 0 Å². The molecule has 0 saturated heterocycles. The van der Waals surface area contributed by atoms with Crippen molar-refractivity contribution in [1.29, 1.82) is 0 Å². The van der Waals surface area contributed by atoms with Gasteiger partial charge in [-0.25, -0.2) is 8.42 Å². The molecule has 0 spiro atoms. The zero-order valence-electron chi connectivity index (χ0n) is 17.6. The lowest BCUT2D eigenvalue weighted by atomic mass is 10.2. The molecule has 0 aliphatic carbocycles. The second-order valence-corrected chi connectivity index (χ2v) is 9.65. The van der Waals surface area contributed by atoms with Crippen molar-refractivity contribution in [3.8, 4) is 0 Å². The normalized spacial score (nSPS) is 11.8. The zero-order valence-corrected chi connectivity index (χ0v) is 19.2. The summed E-state index contributed by atoms with van der Waals surface area (Å²) in [5, 5.41) is 3.21. The molecule has 0 saturated carbocycles. The quantitative estimate of drug-likeness (QED) is 0.526. The van der Waals surface area contributed by atoms with Gasteiger partial charge < -0.3 is 10.1 Å². The van der Waals surface area contributed by atoms with Crippen LogP contribution in [0, 0.1) is 6.92 Å². The van der Waals surface area contributed by atoms with Crippen molar-refractivity contribution in [3.63, 3.8) is 0 Å². The zero-order chi connectivity index (χ0) is 22.1. The van der Waals surface area contributed by atoms with Gasteiger partial charge in [-0.15, -0.1) is 0 Å². The van der Waals surface area contributed by atoms with Gasteiger partial charge in [0.05, 0.1) is 17.5 Å². The molecular formula is C22H29ClN2O4S. The van der Waals surface area contributed by atoms with Crippen molar-refractivity contribution < 1.29 is 17.9 Å². The van der Waals surface area contributed by atoms with Crippen LogP contribution in [-0.4, -0.2) is 44.4 Å². The number of benzene rings is 2. The fraction of sp³-hybridized carbons (Fsp3) is 0.409. The van der Waals surface area contributed by atoms with Crippen molar-refractivity contribution in [2.24, 2.45) is 0 Å². The Morgan fingerprint density at radius 3 is 2.43 bits per heavy atom. The van der Waals surface area contributed by atoms with Crippen LogP contribution in [0.15, 0.2) is 53.4 Å². The van der Waals surface area contributed by atoms with Crippen molar-refractivity contribution in [2.75, 3.05) is 19.7 Å². The molecule has 0 aliphatic rings. The Kier molecular flexibility index (Phi) is 9.30. The molecular weight excluding hydrogens is 424 g/mol. The molecule has 0 bridgehead atoms. The average Bonchev–Trinajstić information content (AvgIpc) is 2.69. The maximum absolute atomic E-state index is 13.2. The smallest absolute Gasteiger partial charge is 0.243 e. The van der Waals surface area contributed by atoms with E-state index in [1.165, 1.54) is 0 Å². The number of carbonyl (C=O) groups is 1. The lowest BCUT2D eigenvalue weighted by Crippen LogP contribution is -2.40. The van der Waals surface area contributed by atoms with Crippen molar-refractivity contribution in [3.05, 3.63) is 64.7 Å². The summed E-state index contributed by atoms with van der Waals surface area (Å²) in [6.45, 7) is 6.42. The van der Waals surface area contributed by atoms with Gasteiger partial charge in [0.25, 0.3) is 0 Å².